The number of anilines is 1. The van der Waals surface area contributed by atoms with Crippen molar-refractivity contribution in [3.05, 3.63) is 29.8 Å². The average Bonchev–Trinajstić information content (AvgIpc) is 3.11. The van der Waals surface area contributed by atoms with E-state index in [-0.39, 0.29) is 12.0 Å². The number of ether oxygens (including phenoxy) is 1. The molecule has 5 nitrogen and oxygen atoms in total. The molecule has 6 heteroatoms. The van der Waals surface area contributed by atoms with Gasteiger partial charge in [0.2, 0.25) is 0 Å². The summed E-state index contributed by atoms with van der Waals surface area (Å²) < 4.78 is 5.49. The lowest BCUT2D eigenvalue weighted by molar-refractivity contribution is -0.142. The normalized spacial score (nSPS) is 21.3. The average molecular weight is 333 g/mol. The highest BCUT2D eigenvalue weighted by molar-refractivity contribution is 7.80. The number of nitrogens with zero attached hydrogens (tertiary/aromatic N) is 2. The van der Waals surface area contributed by atoms with Crippen molar-refractivity contribution in [1.29, 1.82) is 0 Å². The number of nitrogens with one attached hydrogen (secondary N) is 1. The van der Waals surface area contributed by atoms with Gasteiger partial charge in [0.1, 0.15) is 6.10 Å². The van der Waals surface area contributed by atoms with Crippen LogP contribution in [0.4, 0.5) is 5.69 Å². The summed E-state index contributed by atoms with van der Waals surface area (Å²) in [6.07, 6.45) is 1.62. The summed E-state index contributed by atoms with van der Waals surface area (Å²) in [6, 6.07) is 8.17. The van der Waals surface area contributed by atoms with E-state index in [1.807, 2.05) is 17.0 Å². The van der Waals surface area contributed by atoms with E-state index in [1.54, 1.807) is 0 Å². The summed E-state index contributed by atoms with van der Waals surface area (Å²) in [5, 5.41) is 3.99. The van der Waals surface area contributed by atoms with Crippen LogP contribution in [-0.2, 0) is 9.53 Å². The molecule has 1 N–H and O–H groups in total. The molecule has 0 unspecified atom stereocenters. The van der Waals surface area contributed by atoms with Crippen molar-refractivity contribution in [3.8, 4) is 0 Å². The second-order valence-corrected chi connectivity index (χ2v) is 6.50. The number of benzene rings is 1. The quantitative estimate of drug-likeness (QED) is 0.839. The van der Waals surface area contributed by atoms with Gasteiger partial charge in [-0.05, 0) is 44.1 Å². The maximum absolute atomic E-state index is 12.3. The number of carbonyl (C=O) groups excluding carboxylic acids is 1. The lowest BCUT2D eigenvalue weighted by atomic mass is 10.2. The fraction of sp³-hybridized carbons (Fsp3) is 0.529. The Balaban J connectivity index is 1.49. The molecule has 0 saturated carbocycles. The molecule has 1 aromatic carbocycles. The summed E-state index contributed by atoms with van der Waals surface area (Å²) >= 11 is 5.49. The maximum atomic E-state index is 12.3. The fourth-order valence-corrected chi connectivity index (χ4v) is 3.25. The van der Waals surface area contributed by atoms with Crippen LogP contribution in [0.2, 0.25) is 0 Å². The Morgan fingerprint density at radius 1 is 1.17 bits per heavy atom. The molecule has 124 valence electrons. The zero-order valence-corrected chi connectivity index (χ0v) is 14.3. The van der Waals surface area contributed by atoms with Crippen LogP contribution in [-0.4, -0.2) is 59.7 Å². The van der Waals surface area contributed by atoms with E-state index in [0.717, 1.165) is 36.7 Å². The van der Waals surface area contributed by atoms with Crippen LogP contribution in [0.1, 0.15) is 18.4 Å². The standard InChI is InChI=1S/C17H23N3O2S/c1-13-4-6-14(7-5-13)18-17(23)20-10-8-19(9-11-20)16(21)15-3-2-12-22-15/h4-7,15H,2-3,8-12H2,1H3,(H,18,23)/t15-/m1/s1. The molecule has 0 aromatic heterocycles. The first-order chi connectivity index (χ1) is 11.1. The number of piperazine rings is 1. The lowest BCUT2D eigenvalue weighted by Crippen LogP contribution is -2.53. The second-order valence-electron chi connectivity index (χ2n) is 6.11. The van der Waals surface area contributed by atoms with Crippen molar-refractivity contribution < 1.29 is 9.53 Å². The molecule has 2 heterocycles. The predicted octanol–water partition coefficient (Wildman–Crippen LogP) is 2.02. The van der Waals surface area contributed by atoms with Gasteiger partial charge in [-0.2, -0.15) is 0 Å². The number of thiocarbonyl (C=S) groups is 1. The first-order valence-electron chi connectivity index (χ1n) is 8.16. The monoisotopic (exact) mass is 333 g/mol. The zero-order valence-electron chi connectivity index (χ0n) is 13.5. The molecule has 2 aliphatic heterocycles. The van der Waals surface area contributed by atoms with Crippen molar-refractivity contribution in [1.82, 2.24) is 9.80 Å². The van der Waals surface area contributed by atoms with Crippen LogP contribution < -0.4 is 5.32 Å². The molecular formula is C17H23N3O2S. The summed E-state index contributed by atoms with van der Waals surface area (Å²) in [7, 11) is 0. The van der Waals surface area contributed by atoms with E-state index in [4.69, 9.17) is 17.0 Å². The topological polar surface area (TPSA) is 44.8 Å². The van der Waals surface area contributed by atoms with Crippen LogP contribution in [0.5, 0.6) is 0 Å². The molecule has 0 radical (unpaired) electrons. The van der Waals surface area contributed by atoms with Gasteiger partial charge in [-0.25, -0.2) is 0 Å². The van der Waals surface area contributed by atoms with Crippen LogP contribution in [0, 0.1) is 6.92 Å². The van der Waals surface area contributed by atoms with Crippen LogP contribution in [0.25, 0.3) is 0 Å². The van der Waals surface area contributed by atoms with Gasteiger partial charge < -0.3 is 19.9 Å². The minimum absolute atomic E-state index is 0.138. The van der Waals surface area contributed by atoms with Gasteiger partial charge >= 0.3 is 0 Å². The SMILES string of the molecule is Cc1ccc(NC(=S)N2CCN(C(=O)[C@H]3CCCO3)CC2)cc1. The van der Waals surface area contributed by atoms with Gasteiger partial charge in [-0.15, -0.1) is 0 Å². The van der Waals surface area contributed by atoms with E-state index in [9.17, 15) is 4.79 Å². The van der Waals surface area contributed by atoms with Crippen LogP contribution in [0.3, 0.4) is 0 Å². The third kappa shape index (κ3) is 4.00. The van der Waals surface area contributed by atoms with E-state index < -0.39 is 0 Å². The largest absolute Gasteiger partial charge is 0.368 e. The van der Waals surface area contributed by atoms with Crippen molar-refractivity contribution in [3.63, 3.8) is 0 Å². The molecule has 0 bridgehead atoms. The summed E-state index contributed by atoms with van der Waals surface area (Å²) in [5.74, 6) is 0.138. The summed E-state index contributed by atoms with van der Waals surface area (Å²) in [5.41, 5.74) is 2.22. The van der Waals surface area contributed by atoms with E-state index in [1.165, 1.54) is 5.56 Å². The number of rotatable bonds is 2. The first-order valence-corrected chi connectivity index (χ1v) is 8.57. The maximum Gasteiger partial charge on any atom is 0.251 e. The molecular weight excluding hydrogens is 310 g/mol. The minimum atomic E-state index is -0.223. The van der Waals surface area contributed by atoms with Gasteiger partial charge in [-0.1, -0.05) is 17.7 Å². The molecule has 2 saturated heterocycles. The molecule has 2 fully saturated rings. The van der Waals surface area contributed by atoms with Crippen molar-refractivity contribution in [2.75, 3.05) is 38.1 Å². The number of amides is 1. The third-order valence-corrected chi connectivity index (χ3v) is 4.75. The molecule has 0 spiro atoms. The molecule has 23 heavy (non-hydrogen) atoms. The van der Waals surface area contributed by atoms with Crippen molar-refractivity contribution in [2.45, 2.75) is 25.9 Å². The highest BCUT2D eigenvalue weighted by Crippen LogP contribution is 2.16. The Kier molecular flexibility index (Phi) is 5.13. The molecule has 1 amide bonds. The van der Waals surface area contributed by atoms with Crippen LogP contribution in [0.15, 0.2) is 24.3 Å². The zero-order chi connectivity index (χ0) is 16.2. The van der Waals surface area contributed by atoms with Gasteiger partial charge in [0.25, 0.3) is 5.91 Å². The van der Waals surface area contributed by atoms with Crippen molar-refractivity contribution >= 4 is 28.9 Å². The van der Waals surface area contributed by atoms with Gasteiger partial charge in [0.05, 0.1) is 0 Å². The Labute approximate surface area is 142 Å². The molecule has 1 aromatic rings. The smallest absolute Gasteiger partial charge is 0.251 e. The molecule has 0 aliphatic carbocycles. The van der Waals surface area contributed by atoms with Gasteiger partial charge in [-0.3, -0.25) is 4.79 Å². The Morgan fingerprint density at radius 3 is 2.43 bits per heavy atom. The van der Waals surface area contributed by atoms with Gasteiger partial charge in [0.15, 0.2) is 5.11 Å². The Morgan fingerprint density at radius 2 is 1.83 bits per heavy atom. The predicted molar refractivity (Wildman–Crippen MR) is 94.5 cm³/mol. The molecule has 3 rings (SSSR count). The second kappa shape index (κ2) is 7.27. The lowest BCUT2D eigenvalue weighted by Gasteiger charge is -2.37. The number of aryl methyl sites for hydroxylation is 1. The Bertz CT molecular complexity index is 562. The first kappa shape index (κ1) is 16.2. The third-order valence-electron chi connectivity index (χ3n) is 4.39. The van der Waals surface area contributed by atoms with E-state index in [0.29, 0.717) is 19.7 Å². The molecule has 2 aliphatic rings. The van der Waals surface area contributed by atoms with Gasteiger partial charge in [0, 0.05) is 38.5 Å². The van der Waals surface area contributed by atoms with Crippen molar-refractivity contribution in [2.24, 2.45) is 0 Å². The van der Waals surface area contributed by atoms with Crippen LogP contribution >= 0.6 is 12.2 Å². The summed E-state index contributed by atoms with van der Waals surface area (Å²) in [6.45, 7) is 5.70. The molecule has 1 atom stereocenters. The fourth-order valence-electron chi connectivity index (χ4n) is 2.95. The Hall–Kier alpha value is -1.66. The highest BCUT2D eigenvalue weighted by atomic mass is 32.1. The highest BCUT2D eigenvalue weighted by Gasteiger charge is 2.30. The number of hydrogen-bond donors (Lipinski definition) is 1. The number of hydrogen-bond acceptors (Lipinski definition) is 3. The summed E-state index contributed by atoms with van der Waals surface area (Å²) in [4.78, 5) is 16.4. The van der Waals surface area contributed by atoms with E-state index in [2.05, 4.69) is 29.3 Å². The number of carbonyl (C=O) groups is 1. The minimum Gasteiger partial charge on any atom is -0.368 e. The van der Waals surface area contributed by atoms with E-state index >= 15 is 0 Å².